The predicted octanol–water partition coefficient (Wildman–Crippen LogP) is 1.17. The van der Waals surface area contributed by atoms with Gasteiger partial charge in [0.15, 0.2) is 0 Å². The van der Waals surface area contributed by atoms with Gasteiger partial charge in [0.05, 0.1) is 0 Å². The summed E-state index contributed by atoms with van der Waals surface area (Å²) in [5.74, 6) is 0.369. The molecule has 0 aliphatic rings. The van der Waals surface area contributed by atoms with Gasteiger partial charge in [0, 0.05) is 13.2 Å². The zero-order chi connectivity index (χ0) is 12.6. The average Bonchev–Trinajstić information content (AvgIpc) is 2.21. The van der Waals surface area contributed by atoms with E-state index in [-0.39, 0.29) is 58.0 Å². The van der Waals surface area contributed by atoms with Crippen molar-refractivity contribution in [3.8, 4) is 0 Å². The summed E-state index contributed by atoms with van der Waals surface area (Å²) < 4.78 is 41.5. The second-order valence-electron chi connectivity index (χ2n) is 4.16. The van der Waals surface area contributed by atoms with Crippen LogP contribution in [0.1, 0.15) is 39.5 Å². The molecule has 0 spiro atoms. The Morgan fingerprint density at radius 1 is 1.29 bits per heavy atom. The maximum atomic E-state index is 12.1. The molecule has 0 amide bonds. The standard InChI is InChI=1S/C11H21BF3O.K/c1-4-6-7-11(5-2)9-16-8-10(3)12(13,14)15;/h11H,3-9H2,1-2H3;/q-1;+1. The normalized spacial score (nSPS) is 13.0. The molecule has 0 aromatic carbocycles. The maximum absolute atomic E-state index is 12.1. The molecule has 6 heteroatoms. The van der Waals surface area contributed by atoms with Crippen LogP contribution in [0.25, 0.3) is 0 Å². The van der Waals surface area contributed by atoms with Crippen molar-refractivity contribution in [3.05, 3.63) is 12.1 Å². The van der Waals surface area contributed by atoms with Crippen molar-refractivity contribution in [2.45, 2.75) is 39.5 Å². The zero-order valence-corrected chi connectivity index (χ0v) is 14.3. The van der Waals surface area contributed by atoms with Crippen LogP contribution in [0.5, 0.6) is 0 Å². The van der Waals surface area contributed by atoms with Crippen LogP contribution in [0.3, 0.4) is 0 Å². The summed E-state index contributed by atoms with van der Waals surface area (Å²) in [4.78, 5) is 0. The quantitative estimate of drug-likeness (QED) is 0.574. The number of rotatable bonds is 9. The van der Waals surface area contributed by atoms with Gasteiger partial charge in [-0.3, -0.25) is 0 Å². The van der Waals surface area contributed by atoms with Gasteiger partial charge in [-0.15, -0.1) is 12.1 Å². The van der Waals surface area contributed by atoms with E-state index in [2.05, 4.69) is 13.5 Å². The van der Waals surface area contributed by atoms with E-state index in [0.717, 1.165) is 25.7 Å². The van der Waals surface area contributed by atoms with Crippen LogP contribution in [0, 0.1) is 5.92 Å². The molecule has 96 valence electrons. The molecule has 1 nitrogen and oxygen atoms in total. The van der Waals surface area contributed by atoms with Crippen LogP contribution in [-0.2, 0) is 4.74 Å². The van der Waals surface area contributed by atoms with Gasteiger partial charge in [-0.05, 0) is 12.3 Å². The van der Waals surface area contributed by atoms with Crippen LogP contribution < -0.4 is 51.4 Å². The Labute approximate surface area is 145 Å². The molecular formula is C11H21BF3KO. The van der Waals surface area contributed by atoms with E-state index in [9.17, 15) is 12.9 Å². The summed E-state index contributed by atoms with van der Waals surface area (Å²) in [6.07, 6.45) is 4.18. The second kappa shape index (κ2) is 11.1. The third-order valence-corrected chi connectivity index (χ3v) is 2.65. The largest absolute Gasteiger partial charge is 1.00 e. The summed E-state index contributed by atoms with van der Waals surface area (Å²) in [5, 5.41) is 0. The first-order chi connectivity index (χ1) is 7.41. The molecule has 0 fully saturated rings. The molecule has 1 atom stereocenters. The molecule has 0 saturated carbocycles. The third kappa shape index (κ3) is 10.8. The number of hydrogen-bond acceptors (Lipinski definition) is 1. The SMILES string of the molecule is C=C(COCC(CC)CCCC)[B-](F)(F)F.[K+]. The minimum atomic E-state index is -4.94. The zero-order valence-electron chi connectivity index (χ0n) is 11.1. The predicted molar refractivity (Wildman–Crippen MR) is 62.3 cm³/mol. The molecule has 0 heterocycles. The first kappa shape index (κ1) is 20.5. The van der Waals surface area contributed by atoms with Gasteiger partial charge in [-0.25, -0.2) is 0 Å². The van der Waals surface area contributed by atoms with Crippen LogP contribution in [-0.4, -0.2) is 20.2 Å². The summed E-state index contributed by atoms with van der Waals surface area (Å²) in [7, 11) is 0. The second-order valence-corrected chi connectivity index (χ2v) is 4.16. The van der Waals surface area contributed by atoms with Gasteiger partial charge in [0.25, 0.3) is 0 Å². The van der Waals surface area contributed by atoms with Crippen molar-refractivity contribution in [1.29, 1.82) is 0 Å². The Hall–Kier alpha value is 1.19. The molecule has 0 aliphatic carbocycles. The smallest absolute Gasteiger partial charge is 0.445 e. The number of unbranched alkanes of at least 4 members (excludes halogenated alkanes) is 1. The summed E-state index contributed by atoms with van der Waals surface area (Å²) in [6, 6.07) is 0. The number of hydrogen-bond donors (Lipinski definition) is 0. The summed E-state index contributed by atoms with van der Waals surface area (Å²) >= 11 is 0. The van der Waals surface area contributed by atoms with E-state index < -0.39 is 12.4 Å². The van der Waals surface area contributed by atoms with Gasteiger partial charge in [0.1, 0.15) is 0 Å². The number of ether oxygens (including phenoxy) is 1. The van der Waals surface area contributed by atoms with Crippen molar-refractivity contribution >= 4 is 6.98 Å². The van der Waals surface area contributed by atoms with Crippen molar-refractivity contribution in [3.63, 3.8) is 0 Å². The molecule has 0 aromatic heterocycles. The van der Waals surface area contributed by atoms with Crippen LogP contribution in [0.15, 0.2) is 12.1 Å². The van der Waals surface area contributed by atoms with Gasteiger partial charge in [0.2, 0.25) is 0 Å². The minimum absolute atomic E-state index is 0. The van der Waals surface area contributed by atoms with E-state index >= 15 is 0 Å². The van der Waals surface area contributed by atoms with E-state index in [0.29, 0.717) is 12.5 Å². The first-order valence-electron chi connectivity index (χ1n) is 5.87. The topological polar surface area (TPSA) is 9.23 Å². The fourth-order valence-electron chi connectivity index (χ4n) is 1.35. The van der Waals surface area contributed by atoms with Crippen LogP contribution >= 0.6 is 0 Å². The number of halogens is 3. The van der Waals surface area contributed by atoms with E-state index in [1.165, 1.54) is 0 Å². The summed E-state index contributed by atoms with van der Waals surface area (Å²) in [5.41, 5.74) is -0.745. The molecule has 0 rings (SSSR count). The molecule has 17 heavy (non-hydrogen) atoms. The van der Waals surface area contributed by atoms with Crippen molar-refractivity contribution in [2.75, 3.05) is 13.2 Å². The Bertz CT molecular complexity index is 209. The average molecular weight is 276 g/mol. The molecule has 0 radical (unpaired) electrons. The molecule has 0 aromatic rings. The Morgan fingerprint density at radius 2 is 1.88 bits per heavy atom. The Balaban J connectivity index is 0. The van der Waals surface area contributed by atoms with Gasteiger partial charge in [-0.2, -0.15) is 0 Å². The van der Waals surface area contributed by atoms with Gasteiger partial charge in [-0.1, -0.05) is 33.1 Å². The van der Waals surface area contributed by atoms with Crippen molar-refractivity contribution < 1.29 is 69.1 Å². The van der Waals surface area contributed by atoms with Crippen LogP contribution in [0.2, 0.25) is 0 Å². The first-order valence-corrected chi connectivity index (χ1v) is 5.87. The van der Waals surface area contributed by atoms with E-state index in [1.54, 1.807) is 0 Å². The van der Waals surface area contributed by atoms with Crippen molar-refractivity contribution in [1.82, 2.24) is 0 Å². The van der Waals surface area contributed by atoms with E-state index in [4.69, 9.17) is 4.74 Å². The molecule has 0 N–H and O–H groups in total. The monoisotopic (exact) mass is 276 g/mol. The fraction of sp³-hybridized carbons (Fsp3) is 0.818. The van der Waals surface area contributed by atoms with Crippen molar-refractivity contribution in [2.24, 2.45) is 5.92 Å². The Morgan fingerprint density at radius 3 is 2.29 bits per heavy atom. The minimum Gasteiger partial charge on any atom is -0.445 e. The van der Waals surface area contributed by atoms with Crippen LogP contribution in [0.4, 0.5) is 12.9 Å². The molecule has 0 bridgehead atoms. The summed E-state index contributed by atoms with van der Waals surface area (Å²) in [6.45, 7) is 2.20. The van der Waals surface area contributed by atoms with E-state index in [1.807, 2.05) is 6.92 Å². The fourth-order valence-corrected chi connectivity index (χ4v) is 1.35. The van der Waals surface area contributed by atoms with Gasteiger partial charge < -0.3 is 17.7 Å². The van der Waals surface area contributed by atoms with Gasteiger partial charge >= 0.3 is 58.4 Å². The maximum Gasteiger partial charge on any atom is 1.00 e. The molecule has 0 aliphatic heterocycles. The molecule has 0 saturated heterocycles. The third-order valence-electron chi connectivity index (χ3n) is 2.65. The Kier molecular flexibility index (Phi) is 13.3. The molecule has 1 unspecified atom stereocenters. The molecular weight excluding hydrogens is 255 g/mol.